The number of rotatable bonds is 3. The van der Waals surface area contributed by atoms with Crippen molar-refractivity contribution in [3.05, 3.63) is 28.3 Å². The standard InChI is InChI=1S/C11H10BrN3OS/c1-6-2-5-8(9(12)13-6)16-11-14-10(15-17-11)7-3-4-7/h2,5,7H,3-4H2,1H3. The molecular weight excluding hydrogens is 302 g/mol. The number of aromatic nitrogens is 3. The maximum absolute atomic E-state index is 5.66. The maximum Gasteiger partial charge on any atom is 0.298 e. The summed E-state index contributed by atoms with van der Waals surface area (Å²) in [5.74, 6) is 2.15. The van der Waals surface area contributed by atoms with Crippen LogP contribution < -0.4 is 4.74 Å². The molecule has 0 aliphatic heterocycles. The summed E-state index contributed by atoms with van der Waals surface area (Å²) in [5, 5.41) is 0.582. The van der Waals surface area contributed by atoms with Crippen molar-refractivity contribution in [2.75, 3.05) is 0 Å². The number of aryl methyl sites for hydroxylation is 1. The fourth-order valence-corrected chi connectivity index (χ4v) is 2.57. The van der Waals surface area contributed by atoms with Gasteiger partial charge in [-0.05, 0) is 47.8 Å². The molecule has 0 N–H and O–H groups in total. The summed E-state index contributed by atoms with van der Waals surface area (Å²) in [4.78, 5) is 8.64. The summed E-state index contributed by atoms with van der Waals surface area (Å²) >= 11 is 4.67. The molecule has 2 aromatic heterocycles. The predicted octanol–water partition coefficient (Wildman–Crippen LogP) is 3.67. The van der Waals surface area contributed by atoms with Crippen LogP contribution in [0.5, 0.6) is 10.9 Å². The Balaban J connectivity index is 1.80. The Morgan fingerprint density at radius 2 is 2.18 bits per heavy atom. The monoisotopic (exact) mass is 311 g/mol. The first kappa shape index (κ1) is 11.1. The van der Waals surface area contributed by atoms with Gasteiger partial charge >= 0.3 is 0 Å². The number of halogens is 1. The van der Waals surface area contributed by atoms with Gasteiger partial charge in [-0.1, -0.05) is 0 Å². The molecule has 0 unspecified atom stereocenters. The first-order chi connectivity index (χ1) is 8.22. The molecule has 3 rings (SSSR count). The average Bonchev–Trinajstić information content (AvgIpc) is 3.04. The van der Waals surface area contributed by atoms with Gasteiger partial charge in [0.25, 0.3) is 5.19 Å². The molecule has 1 fully saturated rings. The summed E-state index contributed by atoms with van der Waals surface area (Å²) in [6.07, 6.45) is 2.40. The molecule has 2 aromatic rings. The van der Waals surface area contributed by atoms with E-state index in [1.165, 1.54) is 24.4 Å². The Labute approximate surface area is 111 Å². The molecule has 2 heterocycles. The molecule has 0 amide bonds. The lowest BCUT2D eigenvalue weighted by molar-refractivity contribution is 0.471. The van der Waals surface area contributed by atoms with Crippen molar-refractivity contribution < 1.29 is 4.74 Å². The highest BCUT2D eigenvalue weighted by molar-refractivity contribution is 9.10. The van der Waals surface area contributed by atoms with Gasteiger partial charge in [-0.15, -0.1) is 0 Å². The summed E-state index contributed by atoms with van der Waals surface area (Å²) in [6, 6.07) is 3.79. The van der Waals surface area contributed by atoms with E-state index in [9.17, 15) is 0 Å². The highest BCUT2D eigenvalue weighted by Gasteiger charge is 2.28. The molecule has 1 saturated carbocycles. The minimum atomic E-state index is 0.559. The van der Waals surface area contributed by atoms with Crippen molar-refractivity contribution in [2.45, 2.75) is 25.7 Å². The molecule has 0 atom stereocenters. The quantitative estimate of drug-likeness (QED) is 0.811. The Hall–Kier alpha value is -1.01. The zero-order valence-electron chi connectivity index (χ0n) is 9.18. The van der Waals surface area contributed by atoms with E-state index >= 15 is 0 Å². The van der Waals surface area contributed by atoms with Crippen LogP contribution in [-0.4, -0.2) is 14.3 Å². The minimum Gasteiger partial charge on any atom is -0.427 e. The molecule has 88 valence electrons. The van der Waals surface area contributed by atoms with E-state index in [1.54, 1.807) is 0 Å². The van der Waals surface area contributed by atoms with Crippen molar-refractivity contribution in [1.82, 2.24) is 14.3 Å². The molecule has 6 heteroatoms. The van der Waals surface area contributed by atoms with Crippen LogP contribution in [0.2, 0.25) is 0 Å². The first-order valence-corrected chi connectivity index (χ1v) is 6.93. The molecule has 4 nitrogen and oxygen atoms in total. The van der Waals surface area contributed by atoms with Gasteiger partial charge in [0.05, 0.1) is 0 Å². The summed E-state index contributed by atoms with van der Waals surface area (Å²) in [7, 11) is 0. The normalized spacial score (nSPS) is 14.9. The summed E-state index contributed by atoms with van der Waals surface area (Å²) < 4.78 is 10.6. The number of hydrogen-bond donors (Lipinski definition) is 0. The fraction of sp³-hybridized carbons (Fsp3) is 0.364. The van der Waals surface area contributed by atoms with E-state index in [-0.39, 0.29) is 0 Å². The molecule has 0 spiro atoms. The van der Waals surface area contributed by atoms with Gasteiger partial charge in [0, 0.05) is 23.1 Å². The second-order valence-electron chi connectivity index (χ2n) is 4.04. The van der Waals surface area contributed by atoms with Crippen molar-refractivity contribution >= 4 is 27.5 Å². The van der Waals surface area contributed by atoms with Gasteiger partial charge in [0.2, 0.25) is 0 Å². The zero-order chi connectivity index (χ0) is 11.8. The average molecular weight is 312 g/mol. The van der Waals surface area contributed by atoms with Gasteiger partial charge in [-0.2, -0.15) is 9.36 Å². The number of nitrogens with zero attached hydrogens (tertiary/aromatic N) is 3. The van der Waals surface area contributed by atoms with E-state index < -0.39 is 0 Å². The van der Waals surface area contributed by atoms with E-state index in [1.807, 2.05) is 19.1 Å². The third-order valence-corrected chi connectivity index (χ3v) is 3.69. The number of hydrogen-bond acceptors (Lipinski definition) is 5. The molecule has 0 radical (unpaired) electrons. The predicted molar refractivity (Wildman–Crippen MR) is 68.6 cm³/mol. The number of pyridine rings is 1. The third kappa shape index (κ3) is 2.47. The van der Waals surface area contributed by atoms with E-state index in [4.69, 9.17) is 4.74 Å². The largest absolute Gasteiger partial charge is 0.427 e. The minimum absolute atomic E-state index is 0.559. The van der Waals surface area contributed by atoms with Gasteiger partial charge in [0.1, 0.15) is 10.4 Å². The topological polar surface area (TPSA) is 47.9 Å². The highest BCUT2D eigenvalue weighted by Crippen LogP contribution is 2.40. The van der Waals surface area contributed by atoms with Crippen molar-refractivity contribution in [2.24, 2.45) is 0 Å². The molecule has 0 bridgehead atoms. The van der Waals surface area contributed by atoms with Crippen LogP contribution in [0.4, 0.5) is 0 Å². The highest BCUT2D eigenvalue weighted by atomic mass is 79.9. The maximum atomic E-state index is 5.66. The van der Waals surface area contributed by atoms with Crippen molar-refractivity contribution in [3.8, 4) is 10.9 Å². The fourth-order valence-electron chi connectivity index (χ4n) is 1.45. The van der Waals surface area contributed by atoms with Gasteiger partial charge in [-0.25, -0.2) is 4.98 Å². The molecule has 1 aliphatic rings. The number of ether oxygens (including phenoxy) is 1. The van der Waals surface area contributed by atoms with Crippen LogP contribution in [0.25, 0.3) is 0 Å². The molecular formula is C11H10BrN3OS. The van der Waals surface area contributed by atoms with Gasteiger partial charge in [-0.3, -0.25) is 0 Å². The van der Waals surface area contributed by atoms with Crippen LogP contribution >= 0.6 is 27.5 Å². The molecule has 0 aromatic carbocycles. The lowest BCUT2D eigenvalue weighted by atomic mass is 10.4. The Morgan fingerprint density at radius 1 is 1.35 bits per heavy atom. The Kier molecular flexibility index (Phi) is 2.84. The second-order valence-corrected chi connectivity index (χ2v) is 5.50. The molecule has 17 heavy (non-hydrogen) atoms. The Bertz CT molecular complexity index is 553. The van der Waals surface area contributed by atoms with Crippen LogP contribution in [0.3, 0.4) is 0 Å². The van der Waals surface area contributed by atoms with E-state index in [0.717, 1.165) is 11.5 Å². The second kappa shape index (κ2) is 4.34. The van der Waals surface area contributed by atoms with Crippen LogP contribution in [-0.2, 0) is 0 Å². The van der Waals surface area contributed by atoms with E-state index in [2.05, 4.69) is 30.3 Å². The van der Waals surface area contributed by atoms with Crippen molar-refractivity contribution in [1.29, 1.82) is 0 Å². The molecule has 0 saturated heterocycles. The first-order valence-electron chi connectivity index (χ1n) is 5.37. The Morgan fingerprint density at radius 3 is 2.88 bits per heavy atom. The van der Waals surface area contributed by atoms with Crippen molar-refractivity contribution in [3.63, 3.8) is 0 Å². The lowest BCUT2D eigenvalue weighted by Crippen LogP contribution is -1.89. The van der Waals surface area contributed by atoms with Crippen LogP contribution in [0.15, 0.2) is 16.7 Å². The summed E-state index contributed by atoms with van der Waals surface area (Å²) in [5.41, 5.74) is 0.945. The SMILES string of the molecule is Cc1ccc(Oc2nc(C3CC3)ns2)c(Br)n1. The third-order valence-electron chi connectivity index (χ3n) is 2.52. The van der Waals surface area contributed by atoms with Gasteiger partial charge in [0.15, 0.2) is 5.75 Å². The summed E-state index contributed by atoms with van der Waals surface area (Å²) in [6.45, 7) is 1.94. The lowest BCUT2D eigenvalue weighted by Gasteiger charge is -2.03. The molecule has 1 aliphatic carbocycles. The smallest absolute Gasteiger partial charge is 0.298 e. The van der Waals surface area contributed by atoms with Crippen LogP contribution in [0.1, 0.15) is 30.3 Å². The zero-order valence-corrected chi connectivity index (χ0v) is 11.6. The van der Waals surface area contributed by atoms with Gasteiger partial charge < -0.3 is 4.74 Å². The van der Waals surface area contributed by atoms with Crippen LogP contribution in [0, 0.1) is 6.92 Å². The van der Waals surface area contributed by atoms with E-state index in [0.29, 0.717) is 21.5 Å².